The Kier molecular flexibility index (Phi) is 3.50. The van der Waals surface area contributed by atoms with Gasteiger partial charge in [0, 0.05) is 21.7 Å². The molecule has 1 atom stereocenters. The highest BCUT2D eigenvalue weighted by Crippen LogP contribution is 2.40. The van der Waals surface area contributed by atoms with Gasteiger partial charge in [0.15, 0.2) is 5.76 Å². The van der Waals surface area contributed by atoms with Crippen LogP contribution in [0.5, 0.6) is 0 Å². The molecule has 25 heavy (non-hydrogen) atoms. The van der Waals surface area contributed by atoms with Gasteiger partial charge in [-0.2, -0.15) is 0 Å². The summed E-state index contributed by atoms with van der Waals surface area (Å²) in [6.45, 7) is 0.714. The fourth-order valence-electron chi connectivity index (χ4n) is 3.52. The summed E-state index contributed by atoms with van der Waals surface area (Å²) in [6.07, 6.45) is 0.904. The van der Waals surface area contributed by atoms with Crippen LogP contribution in [0.2, 0.25) is 0 Å². The van der Waals surface area contributed by atoms with Crippen LogP contribution in [0.15, 0.2) is 63.7 Å². The van der Waals surface area contributed by atoms with E-state index in [1.807, 2.05) is 41.3 Å². The van der Waals surface area contributed by atoms with Gasteiger partial charge in [-0.3, -0.25) is 4.79 Å². The highest BCUT2D eigenvalue weighted by Gasteiger charge is 2.35. The zero-order valence-electron chi connectivity index (χ0n) is 13.3. The lowest BCUT2D eigenvalue weighted by Gasteiger charge is -2.34. The van der Waals surface area contributed by atoms with Gasteiger partial charge >= 0.3 is 0 Å². The lowest BCUT2D eigenvalue weighted by atomic mass is 9.98. The SMILES string of the molecule is O=C(c1cc2ccccc2o1)N1CCc2sccc2C1c1cccs1. The fraction of sp³-hybridized carbons (Fsp3) is 0.150. The molecule has 0 radical (unpaired) electrons. The molecule has 0 aliphatic carbocycles. The minimum absolute atomic E-state index is 0.0179. The van der Waals surface area contributed by atoms with Gasteiger partial charge in [0.05, 0.1) is 6.04 Å². The van der Waals surface area contributed by atoms with Crippen molar-refractivity contribution in [3.05, 3.63) is 80.4 Å². The van der Waals surface area contributed by atoms with Crippen molar-refractivity contribution in [3.63, 3.8) is 0 Å². The molecule has 0 saturated carbocycles. The molecule has 0 fully saturated rings. The maximum Gasteiger partial charge on any atom is 0.290 e. The molecule has 4 aromatic rings. The Bertz CT molecular complexity index is 1010. The number of carbonyl (C=O) groups is 1. The summed E-state index contributed by atoms with van der Waals surface area (Å²) in [4.78, 5) is 17.8. The second-order valence-electron chi connectivity index (χ2n) is 6.11. The Morgan fingerprint density at radius 2 is 2.00 bits per heavy atom. The maximum absolute atomic E-state index is 13.2. The molecule has 3 aromatic heterocycles. The van der Waals surface area contributed by atoms with Crippen molar-refractivity contribution in [2.24, 2.45) is 0 Å². The van der Waals surface area contributed by atoms with E-state index in [1.54, 1.807) is 22.7 Å². The molecular weight excluding hydrogens is 350 g/mol. The van der Waals surface area contributed by atoms with Gasteiger partial charge in [0.25, 0.3) is 5.91 Å². The van der Waals surface area contributed by atoms with E-state index < -0.39 is 0 Å². The lowest BCUT2D eigenvalue weighted by molar-refractivity contribution is 0.0668. The van der Waals surface area contributed by atoms with Crippen LogP contribution >= 0.6 is 22.7 Å². The monoisotopic (exact) mass is 365 g/mol. The quantitative estimate of drug-likeness (QED) is 0.480. The van der Waals surface area contributed by atoms with Crippen molar-refractivity contribution in [1.29, 1.82) is 0 Å². The Morgan fingerprint density at radius 1 is 1.08 bits per heavy atom. The molecular formula is C20H15NO2S2. The molecule has 0 spiro atoms. The van der Waals surface area contributed by atoms with E-state index >= 15 is 0 Å². The third kappa shape index (κ3) is 2.42. The Hall–Kier alpha value is -2.37. The molecule has 5 heteroatoms. The van der Waals surface area contributed by atoms with E-state index in [0.717, 1.165) is 17.4 Å². The van der Waals surface area contributed by atoms with Crippen molar-refractivity contribution >= 4 is 39.5 Å². The first-order chi connectivity index (χ1) is 12.3. The van der Waals surface area contributed by atoms with Crippen LogP contribution in [0.4, 0.5) is 0 Å². The molecule has 1 aromatic carbocycles. The maximum atomic E-state index is 13.2. The lowest BCUT2D eigenvalue weighted by Crippen LogP contribution is -2.39. The Morgan fingerprint density at radius 3 is 2.84 bits per heavy atom. The van der Waals surface area contributed by atoms with Gasteiger partial charge in [0.2, 0.25) is 0 Å². The summed E-state index contributed by atoms with van der Waals surface area (Å²) in [6, 6.07) is 15.9. The van der Waals surface area contributed by atoms with Crippen molar-refractivity contribution in [2.45, 2.75) is 12.5 Å². The zero-order chi connectivity index (χ0) is 16.8. The summed E-state index contributed by atoms with van der Waals surface area (Å²) in [7, 11) is 0. The van der Waals surface area contributed by atoms with E-state index in [2.05, 4.69) is 22.9 Å². The highest BCUT2D eigenvalue weighted by molar-refractivity contribution is 7.10. The number of rotatable bonds is 2. The first kappa shape index (κ1) is 14.9. The molecule has 0 saturated heterocycles. The fourth-order valence-corrected chi connectivity index (χ4v) is 5.28. The number of furan rings is 1. The van der Waals surface area contributed by atoms with Crippen LogP contribution in [0.25, 0.3) is 11.0 Å². The third-order valence-corrected chi connectivity index (χ3v) is 6.60. The van der Waals surface area contributed by atoms with Gasteiger partial charge in [0.1, 0.15) is 5.58 Å². The minimum atomic E-state index is -0.0357. The molecule has 3 nitrogen and oxygen atoms in total. The summed E-state index contributed by atoms with van der Waals surface area (Å²) >= 11 is 3.48. The van der Waals surface area contributed by atoms with Gasteiger partial charge in [-0.1, -0.05) is 24.3 Å². The summed E-state index contributed by atoms with van der Waals surface area (Å²) in [5.74, 6) is 0.382. The van der Waals surface area contributed by atoms with Crippen molar-refractivity contribution < 1.29 is 9.21 Å². The molecule has 0 bridgehead atoms. The average Bonchev–Trinajstić information content (AvgIpc) is 3.39. The van der Waals surface area contributed by atoms with Crippen LogP contribution in [-0.2, 0) is 6.42 Å². The number of hydrogen-bond acceptors (Lipinski definition) is 4. The smallest absolute Gasteiger partial charge is 0.290 e. The number of benzene rings is 1. The third-order valence-electron chi connectivity index (χ3n) is 4.68. The molecule has 1 amide bonds. The molecule has 5 rings (SSSR count). The highest BCUT2D eigenvalue weighted by atomic mass is 32.1. The number of thiophene rings is 2. The number of amides is 1. The molecule has 0 N–H and O–H groups in total. The van der Waals surface area contributed by atoms with E-state index in [-0.39, 0.29) is 11.9 Å². The predicted molar refractivity (Wildman–Crippen MR) is 101 cm³/mol. The van der Waals surface area contributed by atoms with E-state index in [4.69, 9.17) is 4.42 Å². The van der Waals surface area contributed by atoms with Gasteiger partial charge in [-0.05, 0) is 47.0 Å². The van der Waals surface area contributed by atoms with Gasteiger partial charge in [-0.15, -0.1) is 22.7 Å². The van der Waals surface area contributed by atoms with E-state index in [0.29, 0.717) is 12.3 Å². The number of hydrogen-bond donors (Lipinski definition) is 0. The first-order valence-corrected chi connectivity index (χ1v) is 9.96. The van der Waals surface area contributed by atoms with E-state index in [1.165, 1.54) is 15.3 Å². The normalized spacial score (nSPS) is 17.0. The standard InChI is InChI=1S/C20H15NO2S2/c22-20(16-12-13-4-1-2-5-15(13)23-16)21-9-7-17-14(8-11-25-17)19(21)18-6-3-10-24-18/h1-6,8,10-12,19H,7,9H2. The number of para-hydroxylation sites is 1. The summed E-state index contributed by atoms with van der Waals surface area (Å²) in [5.41, 5.74) is 2.01. The Balaban J connectivity index is 1.58. The summed E-state index contributed by atoms with van der Waals surface area (Å²) in [5, 5.41) is 5.16. The molecule has 124 valence electrons. The zero-order valence-corrected chi connectivity index (χ0v) is 15.0. The van der Waals surface area contributed by atoms with Gasteiger partial charge in [-0.25, -0.2) is 0 Å². The predicted octanol–water partition coefficient (Wildman–Crippen LogP) is 5.34. The molecule has 1 unspecified atom stereocenters. The molecule has 1 aliphatic heterocycles. The van der Waals surface area contributed by atoms with Crippen molar-refractivity contribution in [1.82, 2.24) is 4.90 Å². The van der Waals surface area contributed by atoms with Crippen LogP contribution in [0.3, 0.4) is 0 Å². The second-order valence-corrected chi connectivity index (χ2v) is 8.09. The second kappa shape index (κ2) is 5.86. The van der Waals surface area contributed by atoms with Crippen LogP contribution in [0, 0.1) is 0 Å². The minimum Gasteiger partial charge on any atom is -0.451 e. The van der Waals surface area contributed by atoms with Gasteiger partial charge < -0.3 is 9.32 Å². The topological polar surface area (TPSA) is 33.5 Å². The molecule has 4 heterocycles. The summed E-state index contributed by atoms with van der Waals surface area (Å²) < 4.78 is 5.83. The molecule has 1 aliphatic rings. The number of carbonyl (C=O) groups excluding carboxylic acids is 1. The first-order valence-electron chi connectivity index (χ1n) is 8.20. The van der Waals surface area contributed by atoms with Crippen molar-refractivity contribution in [3.8, 4) is 0 Å². The van der Waals surface area contributed by atoms with Crippen molar-refractivity contribution in [2.75, 3.05) is 6.54 Å². The number of nitrogens with zero attached hydrogens (tertiary/aromatic N) is 1. The largest absolute Gasteiger partial charge is 0.451 e. The van der Waals surface area contributed by atoms with Crippen LogP contribution < -0.4 is 0 Å². The van der Waals surface area contributed by atoms with Crippen LogP contribution in [-0.4, -0.2) is 17.4 Å². The number of fused-ring (bicyclic) bond motifs is 2. The average molecular weight is 365 g/mol. The Labute approximate surface area is 153 Å². The van der Waals surface area contributed by atoms with Crippen LogP contribution in [0.1, 0.15) is 31.9 Å². The van der Waals surface area contributed by atoms with E-state index in [9.17, 15) is 4.79 Å².